The van der Waals surface area contributed by atoms with Crippen molar-refractivity contribution < 1.29 is 14.3 Å². The summed E-state index contributed by atoms with van der Waals surface area (Å²) in [6, 6.07) is 5.12. The minimum absolute atomic E-state index is 0.0682. The summed E-state index contributed by atoms with van der Waals surface area (Å²) in [4.78, 5) is 23.1. The number of ketones is 1. The Labute approximate surface area is 101 Å². The molecule has 0 saturated carbocycles. The summed E-state index contributed by atoms with van der Waals surface area (Å²) < 4.78 is 5.96. The molecule has 0 fully saturated rings. The monoisotopic (exact) mass is 232 g/mol. The van der Waals surface area contributed by atoms with Crippen LogP contribution < -0.4 is 4.74 Å². The maximum Gasteiger partial charge on any atom is 0.170 e. The summed E-state index contributed by atoms with van der Waals surface area (Å²) in [5.74, 6) is 0.529. The third kappa shape index (κ3) is 1.86. The van der Waals surface area contributed by atoms with Gasteiger partial charge in [0.1, 0.15) is 11.4 Å². The van der Waals surface area contributed by atoms with Gasteiger partial charge < -0.3 is 4.74 Å². The highest BCUT2D eigenvalue weighted by atomic mass is 16.5. The number of carbonyl (C=O) groups excluding carboxylic acids is 2. The van der Waals surface area contributed by atoms with E-state index in [2.05, 4.69) is 0 Å². The maximum absolute atomic E-state index is 12.1. The van der Waals surface area contributed by atoms with Gasteiger partial charge in [-0.3, -0.25) is 9.59 Å². The standard InChI is InChI=1S/C14H16O3/c1-3-14(4-2)8-12(16)11-7-5-6-10(9-15)13(11)17-14/h5-7,9H,3-4,8H2,1-2H3. The second-order valence-corrected chi connectivity index (χ2v) is 4.43. The van der Waals surface area contributed by atoms with E-state index >= 15 is 0 Å². The van der Waals surface area contributed by atoms with Gasteiger partial charge in [-0.15, -0.1) is 0 Å². The summed E-state index contributed by atoms with van der Waals surface area (Å²) in [7, 11) is 0. The van der Waals surface area contributed by atoms with Crippen LogP contribution in [0.4, 0.5) is 0 Å². The Bertz CT molecular complexity index is 459. The maximum atomic E-state index is 12.1. The van der Waals surface area contributed by atoms with Crippen LogP contribution in [0.5, 0.6) is 5.75 Å². The second-order valence-electron chi connectivity index (χ2n) is 4.43. The molecule has 0 saturated heterocycles. The average Bonchev–Trinajstić information content (AvgIpc) is 2.38. The third-order valence-corrected chi connectivity index (χ3v) is 3.56. The first-order valence-corrected chi connectivity index (χ1v) is 5.96. The fourth-order valence-corrected chi connectivity index (χ4v) is 2.27. The van der Waals surface area contributed by atoms with Gasteiger partial charge in [0.25, 0.3) is 0 Å². The van der Waals surface area contributed by atoms with E-state index in [9.17, 15) is 9.59 Å². The van der Waals surface area contributed by atoms with Gasteiger partial charge in [-0.25, -0.2) is 0 Å². The summed E-state index contributed by atoms with van der Waals surface area (Å²) in [5.41, 5.74) is 0.553. The van der Waals surface area contributed by atoms with Crippen LogP contribution in [-0.4, -0.2) is 17.7 Å². The van der Waals surface area contributed by atoms with E-state index in [0.29, 0.717) is 23.3 Å². The van der Waals surface area contributed by atoms with E-state index in [1.54, 1.807) is 18.2 Å². The highest BCUT2D eigenvalue weighted by molar-refractivity contribution is 6.02. The third-order valence-electron chi connectivity index (χ3n) is 3.56. The Hall–Kier alpha value is -1.64. The molecule has 90 valence electrons. The van der Waals surface area contributed by atoms with Gasteiger partial charge in [-0.05, 0) is 25.0 Å². The molecule has 1 aliphatic rings. The lowest BCUT2D eigenvalue weighted by atomic mass is 9.85. The van der Waals surface area contributed by atoms with Gasteiger partial charge >= 0.3 is 0 Å². The first kappa shape index (κ1) is 11.8. The van der Waals surface area contributed by atoms with Gasteiger partial charge in [0.15, 0.2) is 12.1 Å². The molecule has 0 radical (unpaired) electrons. The number of carbonyl (C=O) groups is 2. The van der Waals surface area contributed by atoms with Crippen molar-refractivity contribution in [2.45, 2.75) is 38.7 Å². The number of ether oxygens (including phenoxy) is 1. The van der Waals surface area contributed by atoms with Crippen molar-refractivity contribution in [3.8, 4) is 5.75 Å². The van der Waals surface area contributed by atoms with Crippen LogP contribution >= 0.6 is 0 Å². The quantitative estimate of drug-likeness (QED) is 0.752. The molecule has 2 rings (SSSR count). The molecule has 1 heterocycles. The molecule has 0 spiro atoms. The molecule has 0 aromatic heterocycles. The van der Waals surface area contributed by atoms with Crippen LogP contribution in [0.2, 0.25) is 0 Å². The highest BCUT2D eigenvalue weighted by Gasteiger charge is 2.38. The lowest BCUT2D eigenvalue weighted by Gasteiger charge is -2.37. The SMILES string of the molecule is CCC1(CC)CC(=O)c2cccc(C=O)c2O1. The van der Waals surface area contributed by atoms with Gasteiger partial charge in [0.05, 0.1) is 17.5 Å². The van der Waals surface area contributed by atoms with Gasteiger partial charge in [-0.1, -0.05) is 19.9 Å². The number of hydrogen-bond donors (Lipinski definition) is 0. The minimum atomic E-state index is -0.441. The highest BCUT2D eigenvalue weighted by Crippen LogP contribution is 2.38. The molecule has 1 aliphatic heterocycles. The Kier molecular flexibility index (Phi) is 3.01. The molecule has 3 heteroatoms. The minimum Gasteiger partial charge on any atom is -0.485 e. The van der Waals surface area contributed by atoms with Crippen LogP contribution in [-0.2, 0) is 0 Å². The number of hydrogen-bond acceptors (Lipinski definition) is 3. The Balaban J connectivity index is 2.54. The van der Waals surface area contributed by atoms with Crippen molar-refractivity contribution in [1.29, 1.82) is 0 Å². The van der Waals surface area contributed by atoms with Crippen LogP contribution in [0.25, 0.3) is 0 Å². The zero-order valence-electron chi connectivity index (χ0n) is 10.2. The van der Waals surface area contributed by atoms with Gasteiger partial charge in [-0.2, -0.15) is 0 Å². The van der Waals surface area contributed by atoms with Crippen molar-refractivity contribution in [2.24, 2.45) is 0 Å². The zero-order chi connectivity index (χ0) is 12.5. The molecule has 0 aliphatic carbocycles. The van der Waals surface area contributed by atoms with Crippen LogP contribution in [0.1, 0.15) is 53.8 Å². The lowest BCUT2D eigenvalue weighted by molar-refractivity contribution is 0.0345. The predicted octanol–water partition coefficient (Wildman–Crippen LogP) is 3.02. The fourth-order valence-electron chi connectivity index (χ4n) is 2.27. The van der Waals surface area contributed by atoms with E-state index in [4.69, 9.17) is 4.74 Å². The summed E-state index contributed by atoms with van der Waals surface area (Å²) in [5, 5.41) is 0. The van der Waals surface area contributed by atoms with E-state index in [0.717, 1.165) is 19.1 Å². The first-order valence-electron chi connectivity index (χ1n) is 5.96. The average molecular weight is 232 g/mol. The Morgan fingerprint density at radius 2 is 2.06 bits per heavy atom. The van der Waals surface area contributed by atoms with Crippen molar-refractivity contribution >= 4 is 12.1 Å². The first-order chi connectivity index (χ1) is 8.15. The number of rotatable bonds is 3. The van der Waals surface area contributed by atoms with Crippen LogP contribution in [0.15, 0.2) is 18.2 Å². The molecule has 0 bridgehead atoms. The molecule has 17 heavy (non-hydrogen) atoms. The topological polar surface area (TPSA) is 43.4 Å². The normalized spacial score (nSPS) is 17.2. The van der Waals surface area contributed by atoms with Crippen molar-refractivity contribution in [3.05, 3.63) is 29.3 Å². The smallest absolute Gasteiger partial charge is 0.170 e. The predicted molar refractivity (Wildman–Crippen MR) is 64.7 cm³/mol. The molecule has 3 nitrogen and oxygen atoms in total. The van der Waals surface area contributed by atoms with Crippen molar-refractivity contribution in [2.75, 3.05) is 0 Å². The van der Waals surface area contributed by atoms with Gasteiger partial charge in [0, 0.05) is 0 Å². The number of Topliss-reactive ketones (excluding diaryl/α,β-unsaturated/α-hetero) is 1. The second kappa shape index (κ2) is 4.32. The molecule has 0 unspecified atom stereocenters. The fraction of sp³-hybridized carbons (Fsp3) is 0.429. The summed E-state index contributed by atoms with van der Waals surface area (Å²) in [6.45, 7) is 4.01. The molecular weight excluding hydrogens is 216 g/mol. The molecular formula is C14H16O3. The lowest BCUT2D eigenvalue weighted by Crippen LogP contribution is -2.41. The van der Waals surface area contributed by atoms with Crippen molar-refractivity contribution in [1.82, 2.24) is 0 Å². The summed E-state index contributed by atoms with van der Waals surface area (Å²) >= 11 is 0. The number of benzene rings is 1. The largest absolute Gasteiger partial charge is 0.485 e. The van der Waals surface area contributed by atoms with Crippen molar-refractivity contribution in [3.63, 3.8) is 0 Å². The van der Waals surface area contributed by atoms with Crippen LogP contribution in [0.3, 0.4) is 0 Å². The molecule has 0 amide bonds. The molecule has 1 aromatic rings. The number of fused-ring (bicyclic) bond motifs is 1. The van der Waals surface area contributed by atoms with E-state index in [1.165, 1.54) is 0 Å². The van der Waals surface area contributed by atoms with E-state index in [-0.39, 0.29) is 5.78 Å². The van der Waals surface area contributed by atoms with E-state index in [1.807, 2.05) is 13.8 Å². The molecule has 0 N–H and O–H groups in total. The molecule has 0 atom stereocenters. The summed E-state index contributed by atoms with van der Waals surface area (Å²) in [6.07, 6.45) is 2.67. The Morgan fingerprint density at radius 3 is 2.65 bits per heavy atom. The number of aldehydes is 1. The number of para-hydroxylation sites is 1. The Morgan fingerprint density at radius 1 is 1.35 bits per heavy atom. The van der Waals surface area contributed by atoms with E-state index < -0.39 is 5.60 Å². The zero-order valence-corrected chi connectivity index (χ0v) is 10.2. The van der Waals surface area contributed by atoms with Gasteiger partial charge in [0.2, 0.25) is 0 Å². The van der Waals surface area contributed by atoms with Crippen LogP contribution in [0, 0.1) is 0 Å². The molecule has 1 aromatic carbocycles.